The van der Waals surface area contributed by atoms with E-state index in [0.29, 0.717) is 10.8 Å². The van der Waals surface area contributed by atoms with Gasteiger partial charge in [0.05, 0.1) is 0 Å². The van der Waals surface area contributed by atoms with E-state index in [1.54, 1.807) is 44.9 Å². The van der Waals surface area contributed by atoms with E-state index in [4.69, 9.17) is 0 Å². The Morgan fingerprint density at radius 2 is 1.61 bits per heavy atom. The van der Waals surface area contributed by atoms with Crippen LogP contribution in [0.4, 0.5) is 0 Å². The summed E-state index contributed by atoms with van der Waals surface area (Å²) in [6.07, 6.45) is 17.0. The first-order valence-corrected chi connectivity index (χ1v) is 13.2. The zero-order valence-corrected chi connectivity index (χ0v) is 19.1. The summed E-state index contributed by atoms with van der Waals surface area (Å²) in [6.45, 7) is 12.1. The van der Waals surface area contributed by atoms with Gasteiger partial charge in [0.1, 0.15) is 0 Å². The summed E-state index contributed by atoms with van der Waals surface area (Å²) in [5.74, 6) is 7.13. The lowest BCUT2D eigenvalue weighted by molar-refractivity contribution is -0.114. The van der Waals surface area contributed by atoms with Crippen LogP contribution in [0.15, 0.2) is 0 Å². The summed E-state index contributed by atoms with van der Waals surface area (Å²) in [4.78, 5) is 3.07. The normalized spacial score (nSPS) is 61.1. The van der Waals surface area contributed by atoms with E-state index in [1.165, 1.54) is 32.2 Å². The van der Waals surface area contributed by atoms with E-state index in [2.05, 4.69) is 32.6 Å². The van der Waals surface area contributed by atoms with E-state index in [9.17, 15) is 0 Å². The van der Waals surface area contributed by atoms with E-state index in [-0.39, 0.29) is 0 Å². The zero-order valence-electron chi connectivity index (χ0n) is 19.1. The van der Waals surface area contributed by atoms with Crippen LogP contribution in [0.5, 0.6) is 0 Å². The maximum atomic E-state index is 3.07. The number of hydrogen-bond donors (Lipinski definition) is 0. The quantitative estimate of drug-likeness (QED) is 0.446. The standard InChI is InChI=1S/C27H45N/c1-17-8-11-23-18(2)25-24(28(23)16-17)15-22-20-10-9-19-7-5-6-13-26(19,3)21(20)12-14-27(22,25)4/h17-25H,5-16H2,1-4H3/t17-,18+,19?,20+,21-,22-,23+,24?,25-,26-,27-/m0/s1. The lowest BCUT2D eigenvalue weighted by atomic mass is 9.44. The number of fused-ring (bicyclic) bond motifs is 9. The molecule has 2 heterocycles. The van der Waals surface area contributed by atoms with Gasteiger partial charge >= 0.3 is 0 Å². The predicted molar refractivity (Wildman–Crippen MR) is 117 cm³/mol. The average Bonchev–Trinajstić information content (AvgIpc) is 3.14. The van der Waals surface area contributed by atoms with Crippen molar-refractivity contribution in [1.82, 2.24) is 4.90 Å². The Kier molecular flexibility index (Phi) is 4.17. The van der Waals surface area contributed by atoms with E-state index in [0.717, 1.165) is 53.5 Å². The van der Waals surface area contributed by atoms with Crippen molar-refractivity contribution in [1.29, 1.82) is 0 Å². The minimum Gasteiger partial charge on any atom is -0.297 e. The van der Waals surface area contributed by atoms with Gasteiger partial charge in [-0.15, -0.1) is 0 Å². The van der Waals surface area contributed by atoms with Crippen LogP contribution in [0.3, 0.4) is 0 Å². The second-order valence-corrected chi connectivity index (χ2v) is 13.1. The monoisotopic (exact) mass is 383 g/mol. The Morgan fingerprint density at radius 1 is 0.750 bits per heavy atom. The number of rotatable bonds is 0. The van der Waals surface area contributed by atoms with Gasteiger partial charge < -0.3 is 0 Å². The maximum Gasteiger partial charge on any atom is 0.0138 e. The first kappa shape index (κ1) is 18.7. The van der Waals surface area contributed by atoms with Gasteiger partial charge in [-0.1, -0.05) is 40.5 Å². The Labute approximate surface area is 174 Å². The largest absolute Gasteiger partial charge is 0.297 e. The molecule has 0 aromatic carbocycles. The van der Waals surface area contributed by atoms with Crippen LogP contribution in [-0.4, -0.2) is 23.5 Å². The van der Waals surface area contributed by atoms with Gasteiger partial charge in [0.2, 0.25) is 0 Å². The van der Waals surface area contributed by atoms with Gasteiger partial charge in [-0.3, -0.25) is 4.90 Å². The lowest BCUT2D eigenvalue weighted by Gasteiger charge is -2.60. The van der Waals surface area contributed by atoms with Crippen LogP contribution in [0, 0.1) is 52.3 Å². The van der Waals surface area contributed by atoms with Crippen molar-refractivity contribution in [3.05, 3.63) is 0 Å². The summed E-state index contributed by atoms with van der Waals surface area (Å²) >= 11 is 0. The summed E-state index contributed by atoms with van der Waals surface area (Å²) in [5, 5.41) is 0. The molecule has 1 heteroatoms. The zero-order chi connectivity index (χ0) is 19.3. The number of nitrogens with zero attached hydrogens (tertiary/aromatic N) is 1. The molecule has 2 aliphatic heterocycles. The van der Waals surface area contributed by atoms with Gasteiger partial charge in [-0.2, -0.15) is 0 Å². The first-order chi connectivity index (χ1) is 13.4. The highest BCUT2D eigenvalue weighted by atomic mass is 15.2. The Bertz CT molecular complexity index is 628. The molecule has 0 aromatic rings. The number of hydrogen-bond acceptors (Lipinski definition) is 1. The van der Waals surface area contributed by atoms with E-state index >= 15 is 0 Å². The van der Waals surface area contributed by atoms with Crippen LogP contribution >= 0.6 is 0 Å². The lowest BCUT2D eigenvalue weighted by Crippen LogP contribution is -2.53. The minimum atomic E-state index is 0.656. The first-order valence-electron chi connectivity index (χ1n) is 13.2. The maximum absolute atomic E-state index is 3.07. The van der Waals surface area contributed by atoms with Crippen molar-refractivity contribution in [3.63, 3.8) is 0 Å². The summed E-state index contributed by atoms with van der Waals surface area (Å²) in [5.41, 5.74) is 1.36. The molecule has 6 fully saturated rings. The molecular formula is C27H45N. The molecule has 0 bridgehead atoms. The Morgan fingerprint density at radius 3 is 2.46 bits per heavy atom. The van der Waals surface area contributed by atoms with Gasteiger partial charge in [0.15, 0.2) is 0 Å². The van der Waals surface area contributed by atoms with E-state index < -0.39 is 0 Å². The molecule has 4 saturated carbocycles. The van der Waals surface area contributed by atoms with Crippen LogP contribution in [0.1, 0.15) is 98.3 Å². The highest BCUT2D eigenvalue weighted by Crippen LogP contribution is 2.70. The fraction of sp³-hybridized carbons (Fsp3) is 1.00. The highest BCUT2D eigenvalue weighted by Gasteiger charge is 2.66. The van der Waals surface area contributed by atoms with Crippen molar-refractivity contribution in [3.8, 4) is 0 Å². The Hall–Kier alpha value is -0.0400. The number of piperidine rings is 1. The van der Waals surface area contributed by atoms with Crippen molar-refractivity contribution in [2.24, 2.45) is 52.3 Å². The molecule has 0 amide bonds. The van der Waals surface area contributed by atoms with Crippen molar-refractivity contribution in [2.45, 2.75) is 110 Å². The van der Waals surface area contributed by atoms with Crippen LogP contribution < -0.4 is 0 Å². The third-order valence-corrected chi connectivity index (χ3v) is 12.2. The molecule has 4 aliphatic carbocycles. The van der Waals surface area contributed by atoms with Crippen LogP contribution in [0.2, 0.25) is 0 Å². The second-order valence-electron chi connectivity index (χ2n) is 13.1. The van der Waals surface area contributed by atoms with Gasteiger partial charge in [-0.05, 0) is 110 Å². The van der Waals surface area contributed by atoms with E-state index in [1.807, 2.05) is 0 Å². The van der Waals surface area contributed by atoms with Gasteiger partial charge in [-0.25, -0.2) is 0 Å². The minimum absolute atomic E-state index is 0.656. The van der Waals surface area contributed by atoms with Gasteiger partial charge in [0.25, 0.3) is 0 Å². The average molecular weight is 384 g/mol. The molecule has 28 heavy (non-hydrogen) atoms. The fourth-order valence-electron chi connectivity index (χ4n) is 11.0. The molecule has 0 aromatic heterocycles. The molecular weight excluding hydrogens is 338 g/mol. The molecule has 0 spiro atoms. The summed E-state index contributed by atoms with van der Waals surface area (Å²) < 4.78 is 0. The molecule has 0 N–H and O–H groups in total. The molecule has 6 rings (SSSR count). The highest BCUT2D eigenvalue weighted by molar-refractivity contribution is 5.17. The summed E-state index contributed by atoms with van der Waals surface area (Å²) in [7, 11) is 0. The molecule has 6 aliphatic rings. The van der Waals surface area contributed by atoms with Crippen molar-refractivity contribution < 1.29 is 0 Å². The molecule has 158 valence electrons. The molecule has 2 unspecified atom stereocenters. The fourth-order valence-corrected chi connectivity index (χ4v) is 11.0. The smallest absolute Gasteiger partial charge is 0.0138 e. The van der Waals surface area contributed by atoms with Crippen molar-refractivity contribution in [2.75, 3.05) is 6.54 Å². The SMILES string of the molecule is C[C@H]1CC[C@@H]2[C@@H](C)[C@H]3C(C[C@H]4[C@@H]5CCC6CCCC[C@]6(C)[C@H]5CC[C@]34C)N2C1. The topological polar surface area (TPSA) is 3.24 Å². The van der Waals surface area contributed by atoms with Crippen LogP contribution in [-0.2, 0) is 0 Å². The molecule has 11 atom stereocenters. The molecule has 0 radical (unpaired) electrons. The van der Waals surface area contributed by atoms with Gasteiger partial charge in [0, 0.05) is 18.6 Å². The Balaban J connectivity index is 1.32. The predicted octanol–water partition coefficient (Wildman–Crippen LogP) is 6.76. The third kappa shape index (κ3) is 2.29. The molecule has 2 saturated heterocycles. The second kappa shape index (κ2) is 6.24. The van der Waals surface area contributed by atoms with Crippen molar-refractivity contribution >= 4 is 0 Å². The summed E-state index contributed by atoms with van der Waals surface area (Å²) in [6, 6.07) is 1.86. The third-order valence-electron chi connectivity index (χ3n) is 12.2. The molecule has 1 nitrogen and oxygen atoms in total. The van der Waals surface area contributed by atoms with Crippen LogP contribution in [0.25, 0.3) is 0 Å².